The van der Waals surface area contributed by atoms with E-state index in [2.05, 4.69) is 16.6 Å². The van der Waals surface area contributed by atoms with Gasteiger partial charge in [0.2, 0.25) is 11.8 Å². The lowest BCUT2D eigenvalue weighted by Gasteiger charge is -2.46. The Morgan fingerprint density at radius 2 is 1.67 bits per heavy atom. The molecule has 4 aromatic rings. The number of ether oxygens (including phenoxy) is 2. The second kappa shape index (κ2) is 15.0. The summed E-state index contributed by atoms with van der Waals surface area (Å²) < 4.78 is 10.1. The molecule has 11 nitrogen and oxygen atoms in total. The molecule has 0 aliphatic carbocycles. The van der Waals surface area contributed by atoms with E-state index in [4.69, 9.17) is 4.74 Å². The van der Waals surface area contributed by atoms with Gasteiger partial charge in [0, 0.05) is 19.5 Å². The largest absolute Gasteiger partial charge is 0.482 e. The van der Waals surface area contributed by atoms with Crippen molar-refractivity contribution >= 4 is 34.6 Å². The fourth-order valence-corrected chi connectivity index (χ4v) is 6.46. The van der Waals surface area contributed by atoms with E-state index in [-0.39, 0.29) is 50.5 Å². The summed E-state index contributed by atoms with van der Waals surface area (Å²) in [6.07, 6.45) is 1.29. The number of rotatable bonds is 12. The van der Waals surface area contributed by atoms with Crippen molar-refractivity contribution in [3.8, 4) is 5.75 Å². The van der Waals surface area contributed by atoms with Crippen LogP contribution in [-0.2, 0) is 38.6 Å². The quantitative estimate of drug-likeness (QED) is 0.180. The van der Waals surface area contributed by atoms with Crippen LogP contribution in [0.25, 0.3) is 10.8 Å². The fourth-order valence-electron chi connectivity index (χ4n) is 6.46. The third kappa shape index (κ3) is 7.42. The number of esters is 1. The summed E-state index contributed by atoms with van der Waals surface area (Å²) >= 11 is 0. The van der Waals surface area contributed by atoms with E-state index in [0.717, 1.165) is 27.5 Å². The highest BCUT2D eigenvalue weighted by Gasteiger charge is 2.52. The zero-order valence-electron chi connectivity index (χ0n) is 27.4. The molecule has 2 saturated heterocycles. The number of piperazine rings is 1. The summed E-state index contributed by atoms with van der Waals surface area (Å²) in [6.45, 7) is 4.62. The van der Waals surface area contributed by atoms with Crippen molar-refractivity contribution in [3.05, 3.63) is 126 Å². The van der Waals surface area contributed by atoms with Crippen molar-refractivity contribution in [1.29, 1.82) is 0 Å². The highest BCUT2D eigenvalue weighted by Crippen LogP contribution is 2.31. The first-order valence-electron chi connectivity index (χ1n) is 16.2. The number of benzene rings is 4. The molecule has 6 rings (SSSR count). The maximum absolute atomic E-state index is 14.4. The first-order valence-corrected chi connectivity index (χ1v) is 16.2. The minimum atomic E-state index is -0.814. The van der Waals surface area contributed by atoms with E-state index >= 15 is 0 Å². The number of nitrogens with zero attached hydrogens (tertiary/aromatic N) is 4. The van der Waals surface area contributed by atoms with E-state index < -0.39 is 18.2 Å². The SMILES string of the molecule is C=CCN(C(=O)NCc1ccccc1)N1CC(=O)N2[C@@H](Cc3ccc(OCC(=O)OC)cc3)C(=O)N(Cc3cccc4ccccc34)C[C@@H]21. The number of hydrazine groups is 1. The number of hydrogen-bond acceptors (Lipinski definition) is 7. The van der Waals surface area contributed by atoms with Gasteiger partial charge in [-0.1, -0.05) is 91.0 Å². The average Bonchev–Trinajstić information content (AvgIpc) is 3.46. The molecule has 11 heteroatoms. The number of amides is 4. The Hall–Kier alpha value is -5.68. The Bertz CT molecular complexity index is 1830. The highest BCUT2D eigenvalue weighted by molar-refractivity contribution is 5.92. The van der Waals surface area contributed by atoms with Gasteiger partial charge in [-0.05, 0) is 39.6 Å². The number of urea groups is 1. The van der Waals surface area contributed by atoms with Crippen LogP contribution < -0.4 is 10.1 Å². The van der Waals surface area contributed by atoms with Gasteiger partial charge in [-0.25, -0.2) is 9.59 Å². The molecule has 2 aliphatic heterocycles. The minimum Gasteiger partial charge on any atom is -0.482 e. The lowest BCUT2D eigenvalue weighted by molar-refractivity contribution is -0.157. The average molecular weight is 662 g/mol. The third-order valence-electron chi connectivity index (χ3n) is 8.88. The molecule has 252 valence electrons. The zero-order chi connectivity index (χ0) is 34.3. The van der Waals surface area contributed by atoms with Crippen molar-refractivity contribution in [2.45, 2.75) is 31.7 Å². The van der Waals surface area contributed by atoms with Crippen LogP contribution in [0.1, 0.15) is 16.7 Å². The van der Waals surface area contributed by atoms with E-state index in [1.807, 2.05) is 84.9 Å². The molecular weight excluding hydrogens is 622 g/mol. The van der Waals surface area contributed by atoms with Gasteiger partial charge in [-0.15, -0.1) is 6.58 Å². The van der Waals surface area contributed by atoms with Crippen LogP contribution in [0.4, 0.5) is 4.79 Å². The smallest absolute Gasteiger partial charge is 0.343 e. The number of fused-ring (bicyclic) bond motifs is 2. The lowest BCUT2D eigenvalue weighted by Crippen LogP contribution is -2.66. The van der Waals surface area contributed by atoms with Gasteiger partial charge in [0.05, 0.1) is 26.7 Å². The van der Waals surface area contributed by atoms with Gasteiger partial charge in [-0.3, -0.25) is 14.6 Å². The van der Waals surface area contributed by atoms with Crippen molar-refractivity contribution in [2.24, 2.45) is 0 Å². The molecule has 0 spiro atoms. The summed E-state index contributed by atoms with van der Waals surface area (Å²) in [6, 6.07) is 29.6. The summed E-state index contributed by atoms with van der Waals surface area (Å²) in [7, 11) is 1.29. The molecule has 0 aromatic heterocycles. The second-order valence-corrected chi connectivity index (χ2v) is 12.0. The number of hydrogen-bond donors (Lipinski definition) is 1. The summed E-state index contributed by atoms with van der Waals surface area (Å²) in [5.41, 5.74) is 2.74. The molecular formula is C38H39N5O6. The predicted molar refractivity (Wildman–Crippen MR) is 184 cm³/mol. The number of carbonyl (C=O) groups is 4. The molecule has 49 heavy (non-hydrogen) atoms. The van der Waals surface area contributed by atoms with Gasteiger partial charge in [0.15, 0.2) is 6.61 Å². The summed E-state index contributed by atoms with van der Waals surface area (Å²) in [4.78, 5) is 56.8. The summed E-state index contributed by atoms with van der Waals surface area (Å²) in [5.74, 6) is -0.430. The van der Waals surface area contributed by atoms with Crippen molar-refractivity contribution in [2.75, 3.05) is 33.4 Å². The molecule has 0 bridgehead atoms. The van der Waals surface area contributed by atoms with Crippen molar-refractivity contribution < 1.29 is 28.7 Å². The molecule has 1 N–H and O–H groups in total. The number of nitrogens with one attached hydrogen (secondary N) is 1. The maximum Gasteiger partial charge on any atom is 0.343 e. The van der Waals surface area contributed by atoms with Crippen LogP contribution in [0, 0.1) is 0 Å². The Morgan fingerprint density at radius 1 is 0.939 bits per heavy atom. The molecule has 2 fully saturated rings. The second-order valence-electron chi connectivity index (χ2n) is 12.0. The van der Waals surface area contributed by atoms with Crippen LogP contribution in [0.3, 0.4) is 0 Å². The first kappa shape index (κ1) is 33.2. The lowest BCUT2D eigenvalue weighted by atomic mass is 9.99. The maximum atomic E-state index is 14.4. The number of carbonyl (C=O) groups excluding carboxylic acids is 4. The standard InChI is InChI=1S/C38H39N5O6/c1-3-20-41(38(47)39-22-28-10-5-4-6-11-28)42-25-35(44)43-33(21-27-16-18-31(19-17-27)49-26-36(45)48-2)37(46)40(24-34(42)43)23-30-14-9-13-29-12-7-8-15-32(29)30/h3-19,33-34H,1,20-26H2,2H3,(H,39,47)/t33-,34+/m0/s1. The highest BCUT2D eigenvalue weighted by atomic mass is 16.6. The molecule has 0 unspecified atom stereocenters. The van der Waals surface area contributed by atoms with Gasteiger partial charge in [-0.2, -0.15) is 5.01 Å². The van der Waals surface area contributed by atoms with Crippen LogP contribution in [-0.4, -0.2) is 89.2 Å². The molecule has 2 atom stereocenters. The van der Waals surface area contributed by atoms with Crippen LogP contribution in [0.2, 0.25) is 0 Å². The molecule has 0 radical (unpaired) electrons. The summed E-state index contributed by atoms with van der Waals surface area (Å²) in [5, 5.41) is 8.36. The topological polar surface area (TPSA) is 112 Å². The Morgan fingerprint density at radius 3 is 2.43 bits per heavy atom. The van der Waals surface area contributed by atoms with Crippen LogP contribution >= 0.6 is 0 Å². The van der Waals surface area contributed by atoms with E-state index in [1.54, 1.807) is 33.0 Å². The zero-order valence-corrected chi connectivity index (χ0v) is 27.4. The van der Waals surface area contributed by atoms with Gasteiger partial charge in [0.1, 0.15) is 18.0 Å². The third-order valence-corrected chi connectivity index (χ3v) is 8.88. The normalized spacial score (nSPS) is 17.5. The van der Waals surface area contributed by atoms with Gasteiger partial charge >= 0.3 is 12.0 Å². The monoisotopic (exact) mass is 661 g/mol. The van der Waals surface area contributed by atoms with Crippen LogP contribution in [0.5, 0.6) is 5.75 Å². The molecule has 4 aromatic carbocycles. The predicted octanol–water partition coefficient (Wildman–Crippen LogP) is 4.13. The van der Waals surface area contributed by atoms with E-state index in [9.17, 15) is 19.2 Å². The van der Waals surface area contributed by atoms with Gasteiger partial charge in [0.25, 0.3) is 0 Å². The Labute approximate surface area is 285 Å². The van der Waals surface area contributed by atoms with Crippen molar-refractivity contribution in [1.82, 2.24) is 25.1 Å². The van der Waals surface area contributed by atoms with Crippen LogP contribution in [0.15, 0.2) is 110 Å². The molecule has 4 amide bonds. The minimum absolute atomic E-state index is 0.0660. The fraction of sp³-hybridized carbons (Fsp3) is 0.263. The molecule has 2 heterocycles. The Balaban J connectivity index is 1.29. The van der Waals surface area contributed by atoms with Crippen molar-refractivity contribution in [3.63, 3.8) is 0 Å². The van der Waals surface area contributed by atoms with Gasteiger partial charge < -0.3 is 24.6 Å². The Kier molecular flexibility index (Phi) is 10.2. The van der Waals surface area contributed by atoms with E-state index in [0.29, 0.717) is 18.8 Å². The number of methoxy groups -OCH3 is 1. The molecule has 0 saturated carbocycles. The van der Waals surface area contributed by atoms with E-state index in [1.165, 1.54) is 12.1 Å². The first-order chi connectivity index (χ1) is 23.9. The molecule has 2 aliphatic rings.